The Morgan fingerprint density at radius 1 is 1.10 bits per heavy atom. The zero-order valence-corrected chi connectivity index (χ0v) is 12.0. The summed E-state index contributed by atoms with van der Waals surface area (Å²) in [6, 6.07) is 0. The van der Waals surface area contributed by atoms with Crippen molar-refractivity contribution >= 4 is 11.9 Å². The molecule has 3 atom stereocenters. The molecule has 114 valence electrons. The highest BCUT2D eigenvalue weighted by atomic mass is 16.5. The van der Waals surface area contributed by atoms with E-state index in [-0.39, 0.29) is 23.8 Å². The van der Waals surface area contributed by atoms with Crippen LogP contribution >= 0.6 is 0 Å². The van der Waals surface area contributed by atoms with Crippen molar-refractivity contribution in [1.82, 2.24) is 5.32 Å². The third-order valence-corrected chi connectivity index (χ3v) is 4.47. The van der Waals surface area contributed by atoms with E-state index in [2.05, 4.69) is 5.32 Å². The first-order valence-corrected chi connectivity index (χ1v) is 7.78. The van der Waals surface area contributed by atoms with Crippen LogP contribution in [0.3, 0.4) is 0 Å². The molecule has 3 unspecified atom stereocenters. The molecule has 0 aromatic heterocycles. The van der Waals surface area contributed by atoms with Crippen molar-refractivity contribution in [2.45, 2.75) is 57.5 Å². The Morgan fingerprint density at radius 3 is 2.55 bits per heavy atom. The third-order valence-electron chi connectivity index (χ3n) is 4.47. The van der Waals surface area contributed by atoms with Crippen molar-refractivity contribution in [3.05, 3.63) is 0 Å². The number of hydrogen-bond donors (Lipinski definition) is 2. The molecule has 0 aromatic carbocycles. The van der Waals surface area contributed by atoms with Crippen molar-refractivity contribution in [2.75, 3.05) is 13.2 Å². The average Bonchev–Trinajstić information content (AvgIpc) is 2.46. The molecule has 0 spiro atoms. The highest BCUT2D eigenvalue weighted by Gasteiger charge is 2.31. The van der Waals surface area contributed by atoms with Crippen LogP contribution in [0, 0.1) is 11.8 Å². The molecule has 1 heterocycles. The Kier molecular flexibility index (Phi) is 5.83. The van der Waals surface area contributed by atoms with Gasteiger partial charge in [-0.3, -0.25) is 9.59 Å². The molecule has 2 N–H and O–H groups in total. The maximum absolute atomic E-state index is 11.9. The molecule has 1 aliphatic heterocycles. The first kappa shape index (κ1) is 15.3. The minimum Gasteiger partial charge on any atom is -0.481 e. The SMILES string of the molecule is O=C(CC1CCCCO1)NCC1CCCCC1C(=O)O. The quantitative estimate of drug-likeness (QED) is 0.808. The third kappa shape index (κ3) is 4.47. The molecule has 1 saturated heterocycles. The highest BCUT2D eigenvalue weighted by Crippen LogP contribution is 2.29. The number of amides is 1. The van der Waals surface area contributed by atoms with Crippen molar-refractivity contribution in [3.8, 4) is 0 Å². The van der Waals surface area contributed by atoms with Crippen LogP contribution in [0.4, 0.5) is 0 Å². The molecule has 2 fully saturated rings. The lowest BCUT2D eigenvalue weighted by Gasteiger charge is -2.29. The molecule has 0 bridgehead atoms. The predicted octanol–water partition coefficient (Wildman–Crippen LogP) is 1.95. The molecule has 1 saturated carbocycles. The van der Waals surface area contributed by atoms with E-state index < -0.39 is 5.97 Å². The number of rotatable bonds is 5. The Balaban J connectivity index is 1.72. The van der Waals surface area contributed by atoms with Crippen LogP contribution in [0.5, 0.6) is 0 Å². The van der Waals surface area contributed by atoms with Gasteiger partial charge in [-0.2, -0.15) is 0 Å². The summed E-state index contributed by atoms with van der Waals surface area (Å²) in [5.41, 5.74) is 0. The molecular weight excluding hydrogens is 258 g/mol. The average molecular weight is 283 g/mol. The normalized spacial score (nSPS) is 30.7. The fraction of sp³-hybridized carbons (Fsp3) is 0.867. The fourth-order valence-corrected chi connectivity index (χ4v) is 3.27. The standard InChI is InChI=1S/C15H25NO4/c17-14(9-12-6-3-4-8-20-12)16-10-11-5-1-2-7-13(11)15(18)19/h11-13H,1-10H2,(H,16,17)(H,18,19). The van der Waals surface area contributed by atoms with Gasteiger partial charge < -0.3 is 15.2 Å². The molecule has 5 nitrogen and oxygen atoms in total. The lowest BCUT2D eigenvalue weighted by Crippen LogP contribution is -2.38. The molecule has 0 aromatic rings. The summed E-state index contributed by atoms with van der Waals surface area (Å²) in [6.45, 7) is 1.24. The maximum Gasteiger partial charge on any atom is 0.306 e. The van der Waals surface area contributed by atoms with Crippen LogP contribution in [-0.4, -0.2) is 36.2 Å². The van der Waals surface area contributed by atoms with Crippen LogP contribution < -0.4 is 5.32 Å². The van der Waals surface area contributed by atoms with Crippen LogP contribution in [0.25, 0.3) is 0 Å². The molecule has 1 amide bonds. The minimum absolute atomic E-state index is 0.00777. The van der Waals surface area contributed by atoms with Gasteiger partial charge in [0.2, 0.25) is 5.91 Å². The number of hydrogen-bond acceptors (Lipinski definition) is 3. The number of nitrogens with one attached hydrogen (secondary N) is 1. The van der Waals surface area contributed by atoms with E-state index >= 15 is 0 Å². The van der Waals surface area contributed by atoms with Crippen molar-refractivity contribution < 1.29 is 19.4 Å². The largest absolute Gasteiger partial charge is 0.481 e. The Labute approximate surface area is 120 Å². The van der Waals surface area contributed by atoms with Gasteiger partial charge in [-0.15, -0.1) is 0 Å². The Bertz CT molecular complexity index is 339. The summed E-state index contributed by atoms with van der Waals surface area (Å²) in [6.07, 6.45) is 7.30. The fourth-order valence-electron chi connectivity index (χ4n) is 3.27. The van der Waals surface area contributed by atoms with E-state index in [9.17, 15) is 14.7 Å². The van der Waals surface area contributed by atoms with E-state index in [4.69, 9.17) is 4.74 Å². The second-order valence-electron chi connectivity index (χ2n) is 5.99. The van der Waals surface area contributed by atoms with Crippen LogP contribution in [-0.2, 0) is 14.3 Å². The predicted molar refractivity (Wildman–Crippen MR) is 74.3 cm³/mol. The number of carboxylic acid groups (broad SMARTS) is 1. The molecule has 1 aliphatic carbocycles. The molecular formula is C15H25NO4. The summed E-state index contributed by atoms with van der Waals surface area (Å²) >= 11 is 0. The zero-order chi connectivity index (χ0) is 14.4. The van der Waals surface area contributed by atoms with Crippen LogP contribution in [0.15, 0.2) is 0 Å². The summed E-state index contributed by atoms with van der Waals surface area (Å²) in [5.74, 6) is -0.946. The van der Waals surface area contributed by atoms with Gasteiger partial charge in [0.1, 0.15) is 0 Å². The van der Waals surface area contributed by atoms with Gasteiger partial charge in [0.15, 0.2) is 0 Å². The van der Waals surface area contributed by atoms with Gasteiger partial charge in [0, 0.05) is 13.2 Å². The number of ether oxygens (including phenoxy) is 1. The highest BCUT2D eigenvalue weighted by molar-refractivity contribution is 5.76. The van der Waals surface area contributed by atoms with E-state index in [0.717, 1.165) is 51.6 Å². The van der Waals surface area contributed by atoms with Gasteiger partial charge in [0.25, 0.3) is 0 Å². The molecule has 20 heavy (non-hydrogen) atoms. The number of aliphatic carboxylic acids is 1. The molecule has 5 heteroatoms. The number of carbonyl (C=O) groups excluding carboxylic acids is 1. The van der Waals surface area contributed by atoms with Crippen LogP contribution in [0.1, 0.15) is 51.4 Å². The van der Waals surface area contributed by atoms with Gasteiger partial charge in [-0.05, 0) is 38.0 Å². The summed E-state index contributed by atoms with van der Waals surface area (Å²) < 4.78 is 5.54. The monoisotopic (exact) mass is 283 g/mol. The lowest BCUT2D eigenvalue weighted by molar-refractivity contribution is -0.145. The summed E-state index contributed by atoms with van der Waals surface area (Å²) in [7, 11) is 0. The van der Waals surface area contributed by atoms with E-state index in [0.29, 0.717) is 13.0 Å². The number of carboxylic acids is 1. The number of carbonyl (C=O) groups is 2. The zero-order valence-electron chi connectivity index (χ0n) is 12.0. The van der Waals surface area contributed by atoms with Crippen molar-refractivity contribution in [2.24, 2.45) is 11.8 Å². The first-order chi connectivity index (χ1) is 9.66. The van der Waals surface area contributed by atoms with Gasteiger partial charge in [-0.25, -0.2) is 0 Å². The maximum atomic E-state index is 11.9. The lowest BCUT2D eigenvalue weighted by atomic mass is 9.79. The van der Waals surface area contributed by atoms with Gasteiger partial charge in [-0.1, -0.05) is 12.8 Å². The van der Waals surface area contributed by atoms with E-state index in [1.807, 2.05) is 0 Å². The first-order valence-electron chi connectivity index (χ1n) is 7.78. The van der Waals surface area contributed by atoms with E-state index in [1.165, 1.54) is 0 Å². The Morgan fingerprint density at radius 2 is 1.85 bits per heavy atom. The van der Waals surface area contributed by atoms with Crippen molar-refractivity contribution in [3.63, 3.8) is 0 Å². The van der Waals surface area contributed by atoms with Crippen LogP contribution in [0.2, 0.25) is 0 Å². The Hall–Kier alpha value is -1.10. The van der Waals surface area contributed by atoms with E-state index in [1.54, 1.807) is 0 Å². The molecule has 2 aliphatic rings. The minimum atomic E-state index is -0.723. The summed E-state index contributed by atoms with van der Waals surface area (Å²) in [4.78, 5) is 23.1. The molecule has 0 radical (unpaired) electrons. The van der Waals surface area contributed by atoms with Gasteiger partial charge in [0.05, 0.1) is 18.4 Å². The smallest absolute Gasteiger partial charge is 0.306 e. The van der Waals surface area contributed by atoms with Gasteiger partial charge >= 0.3 is 5.97 Å². The van der Waals surface area contributed by atoms with Crippen molar-refractivity contribution in [1.29, 1.82) is 0 Å². The molecule has 2 rings (SSSR count). The second kappa shape index (κ2) is 7.62. The topological polar surface area (TPSA) is 75.6 Å². The summed E-state index contributed by atoms with van der Waals surface area (Å²) in [5, 5.41) is 12.1. The second-order valence-corrected chi connectivity index (χ2v) is 5.99.